The van der Waals surface area contributed by atoms with Crippen molar-refractivity contribution in [3.63, 3.8) is 0 Å². The van der Waals surface area contributed by atoms with E-state index < -0.39 is 11.7 Å². The Morgan fingerprint density at radius 1 is 1.20 bits per heavy atom. The maximum Gasteiger partial charge on any atom is 0.416 e. The molecule has 1 aromatic heterocycles. The van der Waals surface area contributed by atoms with Crippen LogP contribution in [0.25, 0.3) is 10.8 Å². The number of hydrogen-bond donors (Lipinski definition) is 1. The van der Waals surface area contributed by atoms with E-state index in [0.717, 1.165) is 6.07 Å². The van der Waals surface area contributed by atoms with Gasteiger partial charge in [0.25, 0.3) is 0 Å². The van der Waals surface area contributed by atoms with Gasteiger partial charge in [0, 0.05) is 23.2 Å². The zero-order valence-electron chi connectivity index (χ0n) is 7.42. The molecule has 2 nitrogen and oxygen atoms in total. The second-order valence-corrected chi connectivity index (χ2v) is 3.09. The number of phenolic OH excluding ortho intramolecular Hbond substituents is 1. The minimum Gasteiger partial charge on any atom is -0.507 e. The molecule has 0 amide bonds. The van der Waals surface area contributed by atoms with E-state index in [-0.39, 0.29) is 11.1 Å². The van der Waals surface area contributed by atoms with Crippen LogP contribution in [0.2, 0.25) is 0 Å². The Morgan fingerprint density at radius 3 is 2.60 bits per heavy atom. The molecule has 0 spiro atoms. The lowest BCUT2D eigenvalue weighted by Gasteiger charge is -2.08. The molecule has 78 valence electrons. The minimum atomic E-state index is -4.46. The van der Waals surface area contributed by atoms with Gasteiger partial charge in [-0.15, -0.1) is 0 Å². The fourth-order valence-corrected chi connectivity index (χ4v) is 1.35. The topological polar surface area (TPSA) is 33.1 Å². The van der Waals surface area contributed by atoms with Crippen LogP contribution in [0.3, 0.4) is 0 Å². The SMILES string of the molecule is Oc1cc(C(F)(F)F)cc2cnccc12. The van der Waals surface area contributed by atoms with Crippen molar-refractivity contribution in [3.8, 4) is 5.75 Å². The number of nitrogens with zero attached hydrogens (tertiary/aromatic N) is 1. The zero-order valence-corrected chi connectivity index (χ0v) is 7.42. The quantitative estimate of drug-likeness (QED) is 0.729. The summed E-state index contributed by atoms with van der Waals surface area (Å²) in [7, 11) is 0. The van der Waals surface area contributed by atoms with E-state index in [2.05, 4.69) is 4.98 Å². The molecule has 1 heterocycles. The van der Waals surface area contributed by atoms with Crippen LogP contribution in [0, 0.1) is 0 Å². The van der Waals surface area contributed by atoms with E-state index in [9.17, 15) is 18.3 Å². The monoisotopic (exact) mass is 213 g/mol. The molecule has 1 aromatic carbocycles. The third-order valence-corrected chi connectivity index (χ3v) is 2.06. The van der Waals surface area contributed by atoms with Crippen LogP contribution >= 0.6 is 0 Å². The predicted octanol–water partition coefficient (Wildman–Crippen LogP) is 2.96. The first kappa shape index (κ1) is 9.76. The van der Waals surface area contributed by atoms with Gasteiger partial charge in [-0.1, -0.05) is 0 Å². The van der Waals surface area contributed by atoms with E-state index in [1.165, 1.54) is 18.5 Å². The highest BCUT2D eigenvalue weighted by Crippen LogP contribution is 2.35. The van der Waals surface area contributed by atoms with E-state index in [1.54, 1.807) is 0 Å². The number of alkyl halides is 3. The summed E-state index contributed by atoms with van der Waals surface area (Å²) in [5.74, 6) is -0.387. The highest BCUT2D eigenvalue weighted by Gasteiger charge is 2.31. The van der Waals surface area contributed by atoms with Gasteiger partial charge in [0.05, 0.1) is 5.56 Å². The maximum absolute atomic E-state index is 12.4. The Morgan fingerprint density at radius 2 is 1.93 bits per heavy atom. The third-order valence-electron chi connectivity index (χ3n) is 2.06. The summed E-state index contributed by atoms with van der Waals surface area (Å²) in [6.45, 7) is 0. The van der Waals surface area contributed by atoms with Crippen LogP contribution < -0.4 is 0 Å². The van der Waals surface area contributed by atoms with E-state index in [0.29, 0.717) is 11.5 Å². The largest absolute Gasteiger partial charge is 0.507 e. The van der Waals surface area contributed by atoms with Gasteiger partial charge in [-0.2, -0.15) is 13.2 Å². The van der Waals surface area contributed by atoms with E-state index in [4.69, 9.17) is 0 Å². The molecule has 2 aromatic rings. The Kier molecular flexibility index (Phi) is 2.03. The number of pyridine rings is 1. The normalized spacial score (nSPS) is 11.9. The number of halogens is 3. The molecule has 2 rings (SSSR count). The van der Waals surface area contributed by atoms with Gasteiger partial charge in [-0.3, -0.25) is 4.98 Å². The molecule has 0 unspecified atom stereocenters. The third kappa shape index (κ3) is 1.72. The summed E-state index contributed by atoms with van der Waals surface area (Å²) in [6.07, 6.45) is -1.76. The standard InChI is InChI=1S/C10H6F3NO/c11-10(12,13)7-3-6-5-14-2-1-8(6)9(15)4-7/h1-5,15H. The Labute approximate surface area is 83.0 Å². The zero-order chi connectivity index (χ0) is 11.1. The Bertz CT molecular complexity index is 507. The van der Waals surface area contributed by atoms with Crippen molar-refractivity contribution < 1.29 is 18.3 Å². The van der Waals surface area contributed by atoms with Crippen molar-refractivity contribution in [3.05, 3.63) is 36.2 Å². The van der Waals surface area contributed by atoms with Crippen LogP contribution in [0.1, 0.15) is 5.56 Å². The van der Waals surface area contributed by atoms with Crippen LogP contribution in [0.5, 0.6) is 5.75 Å². The number of rotatable bonds is 0. The fourth-order valence-electron chi connectivity index (χ4n) is 1.35. The van der Waals surface area contributed by atoms with Crippen molar-refractivity contribution in [1.82, 2.24) is 4.98 Å². The molecule has 0 saturated heterocycles. The average molecular weight is 213 g/mol. The van der Waals surface area contributed by atoms with E-state index >= 15 is 0 Å². The van der Waals surface area contributed by atoms with Crippen LogP contribution in [-0.2, 0) is 6.18 Å². The number of benzene rings is 1. The summed E-state index contributed by atoms with van der Waals surface area (Å²) in [6, 6.07) is 3.13. The van der Waals surface area contributed by atoms with Gasteiger partial charge in [0.2, 0.25) is 0 Å². The molecule has 0 aliphatic carbocycles. The van der Waals surface area contributed by atoms with E-state index in [1.807, 2.05) is 0 Å². The lowest BCUT2D eigenvalue weighted by atomic mass is 10.1. The molecule has 0 saturated carbocycles. The molecule has 0 aliphatic rings. The van der Waals surface area contributed by atoms with Crippen molar-refractivity contribution in [2.75, 3.05) is 0 Å². The van der Waals surface area contributed by atoms with Crippen molar-refractivity contribution in [2.24, 2.45) is 0 Å². The van der Waals surface area contributed by atoms with Crippen molar-refractivity contribution in [2.45, 2.75) is 6.18 Å². The predicted molar refractivity (Wildman–Crippen MR) is 48.4 cm³/mol. The molecule has 1 N–H and O–H groups in total. The molecule has 0 bridgehead atoms. The molecular weight excluding hydrogens is 207 g/mol. The smallest absolute Gasteiger partial charge is 0.416 e. The number of aromatic hydroxyl groups is 1. The minimum absolute atomic E-state index is 0.268. The molecule has 0 fully saturated rings. The molecular formula is C10H6F3NO. The highest BCUT2D eigenvalue weighted by molar-refractivity contribution is 5.88. The van der Waals surface area contributed by atoms with Gasteiger partial charge < -0.3 is 5.11 Å². The van der Waals surface area contributed by atoms with Crippen LogP contribution in [0.4, 0.5) is 13.2 Å². The summed E-state index contributed by atoms with van der Waals surface area (Å²) in [5, 5.41) is 10.0. The molecule has 0 aliphatic heterocycles. The molecule has 0 atom stereocenters. The van der Waals surface area contributed by atoms with Crippen molar-refractivity contribution >= 4 is 10.8 Å². The van der Waals surface area contributed by atoms with Crippen LogP contribution in [-0.4, -0.2) is 10.1 Å². The lowest BCUT2D eigenvalue weighted by molar-refractivity contribution is -0.137. The van der Waals surface area contributed by atoms with Gasteiger partial charge >= 0.3 is 6.18 Å². The van der Waals surface area contributed by atoms with Gasteiger partial charge in [0.1, 0.15) is 5.75 Å². The summed E-state index contributed by atoms with van der Waals surface area (Å²) in [4.78, 5) is 3.70. The molecule has 5 heteroatoms. The molecule has 0 radical (unpaired) electrons. The first-order valence-electron chi connectivity index (χ1n) is 4.12. The number of hydrogen-bond acceptors (Lipinski definition) is 2. The Hall–Kier alpha value is -1.78. The van der Waals surface area contributed by atoms with Crippen LogP contribution in [0.15, 0.2) is 30.6 Å². The summed E-state index contributed by atoms with van der Waals surface area (Å²) in [5.41, 5.74) is -0.875. The summed E-state index contributed by atoms with van der Waals surface area (Å²) < 4.78 is 37.1. The van der Waals surface area contributed by atoms with Gasteiger partial charge in [0.15, 0.2) is 0 Å². The highest BCUT2D eigenvalue weighted by atomic mass is 19.4. The first-order valence-corrected chi connectivity index (χ1v) is 4.12. The number of aromatic nitrogens is 1. The Balaban J connectivity index is 2.73. The second-order valence-electron chi connectivity index (χ2n) is 3.09. The van der Waals surface area contributed by atoms with Gasteiger partial charge in [-0.05, 0) is 18.2 Å². The number of fused-ring (bicyclic) bond motifs is 1. The first-order chi connectivity index (χ1) is 6.98. The number of phenols is 1. The molecule has 15 heavy (non-hydrogen) atoms. The lowest BCUT2D eigenvalue weighted by Crippen LogP contribution is -2.04. The fraction of sp³-hybridized carbons (Fsp3) is 0.100. The average Bonchev–Trinajstić information content (AvgIpc) is 2.16. The van der Waals surface area contributed by atoms with Gasteiger partial charge in [-0.25, -0.2) is 0 Å². The summed E-state index contributed by atoms with van der Waals surface area (Å²) >= 11 is 0. The maximum atomic E-state index is 12.4. The van der Waals surface area contributed by atoms with Crippen molar-refractivity contribution in [1.29, 1.82) is 0 Å². The second kappa shape index (κ2) is 3.12.